The first-order valence-electron chi connectivity index (χ1n) is 4.82. The highest BCUT2D eigenvalue weighted by molar-refractivity contribution is 7.84. The van der Waals surface area contributed by atoms with Gasteiger partial charge in [0.2, 0.25) is 5.95 Å². The molecule has 2 unspecified atom stereocenters. The van der Waals surface area contributed by atoms with Crippen LogP contribution in [0.3, 0.4) is 0 Å². The number of hydrogen-bond acceptors (Lipinski definition) is 3. The maximum atomic E-state index is 11.1. The molecule has 0 spiro atoms. The van der Waals surface area contributed by atoms with Crippen molar-refractivity contribution in [3.05, 3.63) is 25.0 Å². The number of hydrogen-bond donors (Lipinski definition) is 1. The van der Waals surface area contributed by atoms with Crippen molar-refractivity contribution >= 4 is 16.7 Å². The minimum atomic E-state index is -0.791. The van der Waals surface area contributed by atoms with Crippen molar-refractivity contribution in [2.45, 2.75) is 13.0 Å². The Morgan fingerprint density at radius 3 is 3.13 bits per heavy atom. The maximum Gasteiger partial charge on any atom is 0.203 e. The number of anilines is 1. The molecule has 0 saturated carbocycles. The second-order valence-corrected chi connectivity index (χ2v) is 4.90. The molecule has 0 radical (unpaired) electrons. The van der Waals surface area contributed by atoms with E-state index in [1.165, 1.54) is 0 Å². The molecule has 0 saturated heterocycles. The lowest BCUT2D eigenvalue weighted by Crippen LogP contribution is -2.15. The molecule has 0 amide bonds. The Morgan fingerprint density at radius 2 is 2.53 bits per heavy atom. The first-order valence-corrected chi connectivity index (χ1v) is 6.55. The van der Waals surface area contributed by atoms with Gasteiger partial charge in [-0.3, -0.25) is 4.21 Å². The van der Waals surface area contributed by atoms with Crippen molar-refractivity contribution < 1.29 is 4.21 Å². The summed E-state index contributed by atoms with van der Waals surface area (Å²) in [5.41, 5.74) is 0. The third-order valence-corrected chi connectivity index (χ3v) is 2.98. The lowest BCUT2D eigenvalue weighted by Gasteiger charge is -2.15. The van der Waals surface area contributed by atoms with Gasteiger partial charge in [-0.2, -0.15) is 0 Å². The molecule has 0 aromatic carbocycles. The third kappa shape index (κ3) is 3.51. The van der Waals surface area contributed by atoms with Crippen LogP contribution in [0.5, 0.6) is 0 Å². The fourth-order valence-corrected chi connectivity index (χ4v) is 2.23. The summed E-state index contributed by atoms with van der Waals surface area (Å²) in [5.74, 6) is 1.44. The van der Waals surface area contributed by atoms with Gasteiger partial charge in [0.1, 0.15) is 0 Å². The average molecular weight is 227 g/mol. The van der Waals surface area contributed by atoms with Crippen molar-refractivity contribution in [1.29, 1.82) is 0 Å². The van der Waals surface area contributed by atoms with E-state index < -0.39 is 10.8 Å². The van der Waals surface area contributed by atoms with E-state index in [0.717, 1.165) is 5.95 Å². The van der Waals surface area contributed by atoms with E-state index in [9.17, 15) is 4.21 Å². The maximum absolute atomic E-state index is 11.1. The monoisotopic (exact) mass is 227 g/mol. The quantitative estimate of drug-likeness (QED) is 0.748. The number of nitrogens with one attached hydrogen (secondary N) is 1. The normalized spacial score (nSPS) is 14.5. The Morgan fingerprint density at radius 1 is 1.80 bits per heavy atom. The van der Waals surface area contributed by atoms with E-state index in [-0.39, 0.29) is 6.04 Å². The Labute approximate surface area is 92.9 Å². The number of aromatic nitrogens is 2. The average Bonchev–Trinajstić information content (AvgIpc) is 2.61. The molecular weight excluding hydrogens is 210 g/mol. The molecule has 2 atom stereocenters. The van der Waals surface area contributed by atoms with Crippen molar-refractivity contribution in [3.8, 4) is 0 Å². The van der Waals surface area contributed by atoms with Crippen LogP contribution < -0.4 is 5.32 Å². The molecule has 1 heterocycles. The summed E-state index contributed by atoms with van der Waals surface area (Å²) in [5, 5.41) is 3.13. The molecule has 1 rings (SSSR count). The van der Waals surface area contributed by atoms with Gasteiger partial charge in [-0.25, -0.2) is 4.98 Å². The van der Waals surface area contributed by atoms with Crippen LogP contribution in [-0.2, 0) is 10.8 Å². The zero-order chi connectivity index (χ0) is 11.3. The van der Waals surface area contributed by atoms with E-state index in [0.29, 0.717) is 12.3 Å². The van der Waals surface area contributed by atoms with E-state index in [1.54, 1.807) is 18.5 Å². The van der Waals surface area contributed by atoms with Crippen LogP contribution in [-0.4, -0.2) is 32.3 Å². The van der Waals surface area contributed by atoms with Gasteiger partial charge in [0.05, 0.1) is 0 Å². The molecule has 4 nitrogen and oxygen atoms in total. The Bertz CT molecular complexity index is 348. The van der Waals surface area contributed by atoms with Gasteiger partial charge in [0.15, 0.2) is 0 Å². The summed E-state index contributed by atoms with van der Waals surface area (Å²) in [6.45, 7) is 6.34. The minimum Gasteiger partial charge on any atom is -0.352 e. The zero-order valence-electron chi connectivity index (χ0n) is 9.14. The predicted molar refractivity (Wildman–Crippen MR) is 64.6 cm³/mol. The third-order valence-electron chi connectivity index (χ3n) is 2.02. The van der Waals surface area contributed by atoms with Crippen LogP contribution in [0.4, 0.5) is 5.95 Å². The van der Waals surface area contributed by atoms with Crippen molar-refractivity contribution in [1.82, 2.24) is 9.55 Å². The van der Waals surface area contributed by atoms with Crippen molar-refractivity contribution in [2.75, 3.05) is 23.9 Å². The number of rotatable bonds is 6. The van der Waals surface area contributed by atoms with Crippen LogP contribution >= 0.6 is 0 Å². The molecule has 1 aromatic heterocycles. The predicted octanol–water partition coefficient (Wildman–Crippen LogP) is 1.42. The standard InChI is InChI=1S/C10H17N3OS/c1-4-5-11-10-12-6-7-13(10)9(2)8-15(3)14/h4,6-7,9H,1,5,8H2,2-3H3,(H,11,12). The summed E-state index contributed by atoms with van der Waals surface area (Å²) >= 11 is 0. The van der Waals surface area contributed by atoms with Crippen LogP contribution in [0, 0.1) is 0 Å². The molecule has 0 bridgehead atoms. The van der Waals surface area contributed by atoms with Crippen LogP contribution in [0.2, 0.25) is 0 Å². The molecule has 15 heavy (non-hydrogen) atoms. The van der Waals surface area contributed by atoms with Gasteiger partial charge in [-0.15, -0.1) is 6.58 Å². The lowest BCUT2D eigenvalue weighted by molar-refractivity contribution is 0.602. The van der Waals surface area contributed by atoms with Crippen molar-refractivity contribution in [2.24, 2.45) is 0 Å². The fraction of sp³-hybridized carbons (Fsp3) is 0.500. The summed E-state index contributed by atoms with van der Waals surface area (Å²) in [4.78, 5) is 4.19. The summed E-state index contributed by atoms with van der Waals surface area (Å²) in [7, 11) is -0.791. The molecule has 0 aliphatic carbocycles. The van der Waals surface area contributed by atoms with E-state index >= 15 is 0 Å². The second kappa shape index (κ2) is 5.70. The Hall–Kier alpha value is -1.10. The van der Waals surface area contributed by atoms with Gasteiger partial charge < -0.3 is 9.88 Å². The minimum absolute atomic E-state index is 0.186. The molecular formula is C10H17N3OS. The highest BCUT2D eigenvalue weighted by atomic mass is 32.2. The molecule has 0 aliphatic heterocycles. The second-order valence-electron chi connectivity index (χ2n) is 3.42. The van der Waals surface area contributed by atoms with Crippen LogP contribution in [0.25, 0.3) is 0 Å². The topological polar surface area (TPSA) is 46.9 Å². The summed E-state index contributed by atoms with van der Waals surface area (Å²) in [6.07, 6.45) is 7.12. The number of nitrogens with zero attached hydrogens (tertiary/aromatic N) is 2. The largest absolute Gasteiger partial charge is 0.352 e. The Balaban J connectivity index is 2.70. The lowest BCUT2D eigenvalue weighted by atomic mass is 10.4. The molecule has 84 valence electrons. The van der Waals surface area contributed by atoms with Gasteiger partial charge in [0.25, 0.3) is 0 Å². The SMILES string of the molecule is C=CCNc1nccn1C(C)CS(C)=O. The molecule has 0 aliphatic rings. The molecule has 1 aromatic rings. The molecule has 0 fully saturated rings. The molecule has 1 N–H and O–H groups in total. The first kappa shape index (κ1) is 12.0. The zero-order valence-corrected chi connectivity index (χ0v) is 9.96. The van der Waals surface area contributed by atoms with E-state index in [2.05, 4.69) is 16.9 Å². The van der Waals surface area contributed by atoms with E-state index in [1.807, 2.05) is 17.7 Å². The van der Waals surface area contributed by atoms with Gasteiger partial charge in [0, 0.05) is 47.8 Å². The van der Waals surface area contributed by atoms with Gasteiger partial charge >= 0.3 is 0 Å². The van der Waals surface area contributed by atoms with Crippen LogP contribution in [0.15, 0.2) is 25.0 Å². The van der Waals surface area contributed by atoms with Gasteiger partial charge in [-0.1, -0.05) is 6.08 Å². The fourth-order valence-electron chi connectivity index (χ4n) is 1.39. The van der Waals surface area contributed by atoms with Crippen LogP contribution in [0.1, 0.15) is 13.0 Å². The summed E-state index contributed by atoms with van der Waals surface area (Å²) in [6, 6.07) is 0.186. The summed E-state index contributed by atoms with van der Waals surface area (Å²) < 4.78 is 13.1. The van der Waals surface area contributed by atoms with Crippen molar-refractivity contribution in [3.63, 3.8) is 0 Å². The highest BCUT2D eigenvalue weighted by Crippen LogP contribution is 2.13. The van der Waals surface area contributed by atoms with E-state index in [4.69, 9.17) is 0 Å². The molecule has 5 heteroatoms. The highest BCUT2D eigenvalue weighted by Gasteiger charge is 2.10. The Kier molecular flexibility index (Phi) is 4.55. The number of imidazole rings is 1. The smallest absolute Gasteiger partial charge is 0.203 e. The van der Waals surface area contributed by atoms with Gasteiger partial charge in [-0.05, 0) is 6.92 Å². The first-order chi connectivity index (χ1) is 7.15.